The van der Waals surface area contributed by atoms with Crippen LogP contribution in [0, 0.1) is 17.6 Å². The summed E-state index contributed by atoms with van der Waals surface area (Å²) >= 11 is 5.69. The summed E-state index contributed by atoms with van der Waals surface area (Å²) in [4.78, 5) is 25.4. The average molecular weight is 409 g/mol. The number of benzene rings is 2. The van der Waals surface area contributed by atoms with Gasteiger partial charge in [0.05, 0.1) is 17.9 Å². The SMILES string of the molecule is O=C1COc2cc(F)c(C(=O)N3CC(COc4ccc(Cl)cc4F)C3)cc2N1. The van der Waals surface area contributed by atoms with E-state index in [1.807, 2.05) is 0 Å². The lowest BCUT2D eigenvalue weighted by atomic mass is 9.99. The summed E-state index contributed by atoms with van der Waals surface area (Å²) in [5, 5.41) is 2.82. The van der Waals surface area contributed by atoms with E-state index in [2.05, 4.69) is 5.32 Å². The first-order valence-electron chi connectivity index (χ1n) is 8.54. The molecule has 4 rings (SSSR count). The Hall–Kier alpha value is -2.87. The number of ether oxygens (including phenoxy) is 2. The fourth-order valence-corrected chi connectivity index (χ4v) is 3.24. The van der Waals surface area contributed by atoms with Gasteiger partial charge in [0.15, 0.2) is 18.2 Å². The van der Waals surface area contributed by atoms with Crippen LogP contribution in [0.25, 0.3) is 0 Å². The van der Waals surface area contributed by atoms with E-state index in [0.717, 1.165) is 12.1 Å². The highest BCUT2D eigenvalue weighted by atomic mass is 35.5. The third kappa shape index (κ3) is 3.60. The van der Waals surface area contributed by atoms with Crippen LogP contribution in [-0.2, 0) is 4.79 Å². The largest absolute Gasteiger partial charge is 0.490 e. The van der Waals surface area contributed by atoms with Crippen molar-refractivity contribution in [2.75, 3.05) is 31.6 Å². The van der Waals surface area contributed by atoms with E-state index >= 15 is 0 Å². The minimum atomic E-state index is -0.720. The Bertz CT molecular complexity index is 963. The lowest BCUT2D eigenvalue weighted by molar-refractivity contribution is -0.118. The Labute approximate surface area is 164 Å². The number of hydrogen-bond donors (Lipinski definition) is 1. The van der Waals surface area contributed by atoms with Gasteiger partial charge in [-0.25, -0.2) is 8.78 Å². The van der Waals surface area contributed by atoms with Gasteiger partial charge in [0.1, 0.15) is 11.6 Å². The molecule has 0 saturated carbocycles. The highest BCUT2D eigenvalue weighted by Crippen LogP contribution is 2.32. The third-order valence-electron chi connectivity index (χ3n) is 4.55. The van der Waals surface area contributed by atoms with Crippen molar-refractivity contribution in [3.8, 4) is 11.5 Å². The molecule has 6 nitrogen and oxygen atoms in total. The number of hydrogen-bond acceptors (Lipinski definition) is 4. The normalized spacial score (nSPS) is 16.0. The van der Waals surface area contributed by atoms with Crippen LogP contribution in [0.3, 0.4) is 0 Å². The second kappa shape index (κ2) is 7.27. The third-order valence-corrected chi connectivity index (χ3v) is 4.78. The molecule has 2 amide bonds. The zero-order valence-electron chi connectivity index (χ0n) is 14.5. The summed E-state index contributed by atoms with van der Waals surface area (Å²) in [5.74, 6) is -1.85. The van der Waals surface area contributed by atoms with E-state index < -0.39 is 17.5 Å². The van der Waals surface area contributed by atoms with E-state index in [9.17, 15) is 18.4 Å². The number of halogens is 3. The van der Waals surface area contributed by atoms with Gasteiger partial charge in [0, 0.05) is 30.1 Å². The molecule has 146 valence electrons. The van der Waals surface area contributed by atoms with E-state index in [1.54, 1.807) is 0 Å². The van der Waals surface area contributed by atoms with Crippen molar-refractivity contribution >= 4 is 29.1 Å². The Morgan fingerprint density at radius 3 is 2.79 bits per heavy atom. The number of amides is 2. The topological polar surface area (TPSA) is 67.9 Å². The van der Waals surface area contributed by atoms with Crippen LogP contribution in [0.4, 0.5) is 14.5 Å². The lowest BCUT2D eigenvalue weighted by Crippen LogP contribution is -2.52. The van der Waals surface area contributed by atoms with Gasteiger partial charge in [0.25, 0.3) is 11.8 Å². The standard InChI is InChI=1S/C19H15ClF2N2O4/c20-11-1-2-16(14(22)3-11)27-8-10-6-24(7-10)19(26)12-4-15-17(5-13(12)21)28-9-18(25)23-15/h1-5,10H,6-9H2,(H,23,25). The van der Waals surface area contributed by atoms with Crippen LogP contribution < -0.4 is 14.8 Å². The number of nitrogens with zero attached hydrogens (tertiary/aromatic N) is 1. The Kier molecular flexibility index (Phi) is 4.80. The zero-order valence-corrected chi connectivity index (χ0v) is 15.3. The molecule has 1 N–H and O–H groups in total. The van der Waals surface area contributed by atoms with Gasteiger partial charge >= 0.3 is 0 Å². The Morgan fingerprint density at radius 1 is 1.25 bits per heavy atom. The molecule has 9 heteroatoms. The first kappa shape index (κ1) is 18.5. The number of fused-ring (bicyclic) bond motifs is 1. The fraction of sp³-hybridized carbons (Fsp3) is 0.263. The molecular weight excluding hydrogens is 394 g/mol. The van der Waals surface area contributed by atoms with Crippen molar-refractivity contribution in [3.63, 3.8) is 0 Å². The maximum atomic E-state index is 14.3. The monoisotopic (exact) mass is 408 g/mol. The van der Waals surface area contributed by atoms with E-state index in [4.69, 9.17) is 21.1 Å². The maximum Gasteiger partial charge on any atom is 0.262 e. The van der Waals surface area contributed by atoms with E-state index in [0.29, 0.717) is 13.1 Å². The molecule has 0 unspecified atom stereocenters. The predicted octanol–water partition coefficient (Wildman–Crippen LogP) is 3.10. The molecular formula is C19H15ClF2N2O4. The minimum absolute atomic E-state index is 0.00255. The molecule has 2 aliphatic heterocycles. The molecule has 0 radical (unpaired) electrons. The van der Waals surface area contributed by atoms with Crippen LogP contribution in [0.2, 0.25) is 5.02 Å². The van der Waals surface area contributed by atoms with Crippen LogP contribution >= 0.6 is 11.6 Å². The van der Waals surface area contributed by atoms with Gasteiger partial charge in [-0.15, -0.1) is 0 Å². The van der Waals surface area contributed by atoms with Crippen LogP contribution in [0.15, 0.2) is 30.3 Å². The molecule has 0 aliphatic carbocycles. The van der Waals surface area contributed by atoms with Crippen molar-refractivity contribution < 1.29 is 27.8 Å². The number of nitrogens with one attached hydrogen (secondary N) is 1. The molecule has 2 aliphatic rings. The molecule has 0 atom stereocenters. The van der Waals surface area contributed by atoms with E-state index in [-0.39, 0.29) is 52.8 Å². The number of carbonyl (C=O) groups is 2. The molecule has 0 spiro atoms. The summed E-state index contributed by atoms with van der Waals surface area (Å²) in [6, 6.07) is 6.49. The number of likely N-dealkylation sites (tertiary alicyclic amines) is 1. The van der Waals surface area contributed by atoms with Crippen molar-refractivity contribution in [3.05, 3.63) is 52.6 Å². The van der Waals surface area contributed by atoms with Gasteiger partial charge in [-0.1, -0.05) is 11.6 Å². The summed E-state index contributed by atoms with van der Waals surface area (Å²) in [5.41, 5.74) is 0.118. The molecule has 0 bridgehead atoms. The zero-order chi connectivity index (χ0) is 19.8. The average Bonchev–Trinajstić information content (AvgIpc) is 2.61. The fourth-order valence-electron chi connectivity index (χ4n) is 3.08. The maximum absolute atomic E-state index is 14.3. The molecule has 2 heterocycles. The number of carbonyl (C=O) groups excluding carboxylic acids is 2. The smallest absolute Gasteiger partial charge is 0.262 e. The summed E-state index contributed by atoms with van der Waals surface area (Å²) in [6.07, 6.45) is 0. The molecule has 0 aromatic heterocycles. The van der Waals surface area contributed by atoms with Crippen LogP contribution in [0.1, 0.15) is 10.4 Å². The quantitative estimate of drug-likeness (QED) is 0.844. The molecule has 2 aromatic rings. The van der Waals surface area contributed by atoms with Crippen molar-refractivity contribution in [2.24, 2.45) is 5.92 Å². The van der Waals surface area contributed by atoms with Crippen molar-refractivity contribution in [1.82, 2.24) is 4.90 Å². The van der Waals surface area contributed by atoms with Crippen molar-refractivity contribution in [2.45, 2.75) is 0 Å². The summed E-state index contributed by atoms with van der Waals surface area (Å²) in [6.45, 7) is 0.738. The highest BCUT2D eigenvalue weighted by Gasteiger charge is 2.34. The summed E-state index contributed by atoms with van der Waals surface area (Å²) < 4.78 is 38.5. The lowest BCUT2D eigenvalue weighted by Gasteiger charge is -2.39. The van der Waals surface area contributed by atoms with Crippen molar-refractivity contribution in [1.29, 1.82) is 0 Å². The van der Waals surface area contributed by atoms with Crippen LogP contribution in [-0.4, -0.2) is 43.0 Å². The molecule has 2 aromatic carbocycles. The molecule has 28 heavy (non-hydrogen) atoms. The van der Waals surface area contributed by atoms with Gasteiger partial charge < -0.3 is 19.7 Å². The van der Waals surface area contributed by atoms with E-state index in [1.165, 1.54) is 23.1 Å². The number of anilines is 1. The Balaban J connectivity index is 1.36. The predicted molar refractivity (Wildman–Crippen MR) is 96.8 cm³/mol. The first-order chi connectivity index (χ1) is 13.4. The minimum Gasteiger partial charge on any atom is -0.490 e. The second-order valence-electron chi connectivity index (χ2n) is 6.63. The molecule has 1 fully saturated rings. The first-order valence-corrected chi connectivity index (χ1v) is 8.92. The van der Waals surface area contributed by atoms with Gasteiger partial charge in [-0.05, 0) is 24.3 Å². The van der Waals surface area contributed by atoms with Gasteiger partial charge in [-0.3, -0.25) is 9.59 Å². The summed E-state index contributed by atoms with van der Waals surface area (Å²) in [7, 11) is 0. The van der Waals surface area contributed by atoms with Gasteiger partial charge in [-0.2, -0.15) is 0 Å². The number of rotatable bonds is 4. The molecule has 1 saturated heterocycles. The van der Waals surface area contributed by atoms with Crippen LogP contribution in [0.5, 0.6) is 11.5 Å². The van der Waals surface area contributed by atoms with Gasteiger partial charge in [0.2, 0.25) is 0 Å². The Morgan fingerprint density at radius 2 is 2.04 bits per heavy atom. The second-order valence-corrected chi connectivity index (χ2v) is 7.06. The highest BCUT2D eigenvalue weighted by molar-refractivity contribution is 6.30.